The summed E-state index contributed by atoms with van der Waals surface area (Å²) in [5, 5.41) is 6.66. The molecule has 2 aromatic rings. The summed E-state index contributed by atoms with van der Waals surface area (Å²) in [5.74, 6) is 0.000673. The lowest BCUT2D eigenvalue weighted by molar-refractivity contribution is 0.103. The van der Waals surface area contributed by atoms with Crippen LogP contribution in [0.2, 0.25) is 0 Å². The SMILES string of the molecule is CCCNc1nc(N)c(C(=O)Nc2cccc(C)c2Br)s1. The quantitative estimate of drug-likeness (QED) is 0.748. The molecule has 0 aliphatic heterocycles. The number of aromatic nitrogens is 1. The summed E-state index contributed by atoms with van der Waals surface area (Å²) in [4.78, 5) is 16.9. The molecule has 0 bridgehead atoms. The molecule has 0 aliphatic rings. The molecule has 1 aromatic heterocycles. The Hall–Kier alpha value is -1.60. The number of nitrogen functional groups attached to an aromatic ring is 1. The summed E-state index contributed by atoms with van der Waals surface area (Å²) in [6.07, 6.45) is 0.983. The first-order valence-electron chi connectivity index (χ1n) is 6.59. The summed E-state index contributed by atoms with van der Waals surface area (Å²) in [6, 6.07) is 5.69. The third kappa shape index (κ3) is 3.74. The molecule has 4 N–H and O–H groups in total. The second-order valence-electron chi connectivity index (χ2n) is 4.55. The van der Waals surface area contributed by atoms with Crippen molar-refractivity contribution in [1.29, 1.82) is 0 Å². The van der Waals surface area contributed by atoms with E-state index in [1.807, 2.05) is 25.1 Å². The lowest BCUT2D eigenvalue weighted by atomic mass is 10.2. The molecule has 21 heavy (non-hydrogen) atoms. The van der Waals surface area contributed by atoms with E-state index >= 15 is 0 Å². The fourth-order valence-electron chi connectivity index (χ4n) is 1.73. The van der Waals surface area contributed by atoms with Crippen LogP contribution in [0.25, 0.3) is 0 Å². The van der Waals surface area contributed by atoms with E-state index in [4.69, 9.17) is 5.73 Å². The minimum atomic E-state index is -0.249. The van der Waals surface area contributed by atoms with E-state index in [0.717, 1.165) is 28.7 Å². The van der Waals surface area contributed by atoms with Gasteiger partial charge in [0.05, 0.1) is 5.69 Å². The van der Waals surface area contributed by atoms with Crippen molar-refractivity contribution in [3.8, 4) is 0 Å². The molecule has 0 saturated heterocycles. The fraction of sp³-hybridized carbons (Fsp3) is 0.286. The van der Waals surface area contributed by atoms with E-state index in [9.17, 15) is 4.79 Å². The van der Waals surface area contributed by atoms with Gasteiger partial charge >= 0.3 is 0 Å². The van der Waals surface area contributed by atoms with Gasteiger partial charge in [-0.25, -0.2) is 4.98 Å². The first-order valence-corrected chi connectivity index (χ1v) is 8.20. The van der Waals surface area contributed by atoms with Crippen LogP contribution in [-0.4, -0.2) is 17.4 Å². The maximum atomic E-state index is 12.3. The zero-order valence-electron chi connectivity index (χ0n) is 11.9. The van der Waals surface area contributed by atoms with Crippen molar-refractivity contribution in [2.24, 2.45) is 0 Å². The number of anilines is 3. The molecule has 2 rings (SSSR count). The highest BCUT2D eigenvalue weighted by atomic mass is 79.9. The fourth-order valence-corrected chi connectivity index (χ4v) is 2.89. The van der Waals surface area contributed by atoms with Crippen LogP contribution < -0.4 is 16.4 Å². The Labute approximate surface area is 136 Å². The third-order valence-electron chi connectivity index (χ3n) is 2.83. The van der Waals surface area contributed by atoms with Crippen molar-refractivity contribution >= 4 is 49.8 Å². The first kappa shape index (κ1) is 15.8. The van der Waals surface area contributed by atoms with Gasteiger partial charge in [0.15, 0.2) is 5.13 Å². The third-order valence-corrected chi connectivity index (χ3v) is 4.91. The molecular weight excluding hydrogens is 352 g/mol. The van der Waals surface area contributed by atoms with Gasteiger partial charge in [0.1, 0.15) is 10.7 Å². The molecule has 0 fully saturated rings. The number of carbonyl (C=O) groups is 1. The van der Waals surface area contributed by atoms with Crippen molar-refractivity contribution < 1.29 is 4.79 Å². The van der Waals surface area contributed by atoms with Crippen LogP contribution in [0, 0.1) is 6.92 Å². The monoisotopic (exact) mass is 368 g/mol. The Morgan fingerprint density at radius 1 is 1.48 bits per heavy atom. The molecule has 5 nitrogen and oxygen atoms in total. The summed E-state index contributed by atoms with van der Waals surface area (Å²) < 4.78 is 0.866. The highest BCUT2D eigenvalue weighted by Crippen LogP contribution is 2.29. The molecule has 0 atom stereocenters. The van der Waals surface area contributed by atoms with E-state index < -0.39 is 0 Å². The van der Waals surface area contributed by atoms with Gasteiger partial charge in [0.2, 0.25) is 0 Å². The molecule has 1 amide bonds. The number of nitrogens with two attached hydrogens (primary N) is 1. The van der Waals surface area contributed by atoms with Gasteiger partial charge in [-0.05, 0) is 40.9 Å². The normalized spacial score (nSPS) is 10.4. The highest BCUT2D eigenvalue weighted by Gasteiger charge is 2.17. The average Bonchev–Trinajstić information content (AvgIpc) is 2.83. The number of benzene rings is 1. The van der Waals surface area contributed by atoms with Crippen molar-refractivity contribution in [3.05, 3.63) is 33.1 Å². The number of hydrogen-bond donors (Lipinski definition) is 3. The number of halogens is 1. The van der Waals surface area contributed by atoms with Crippen LogP contribution >= 0.6 is 27.3 Å². The Morgan fingerprint density at radius 2 is 2.24 bits per heavy atom. The van der Waals surface area contributed by atoms with Gasteiger partial charge in [-0.3, -0.25) is 4.79 Å². The molecule has 0 radical (unpaired) electrons. The van der Waals surface area contributed by atoms with E-state index in [2.05, 4.69) is 38.5 Å². The smallest absolute Gasteiger partial charge is 0.269 e. The Bertz CT molecular complexity index is 656. The predicted octanol–water partition coefficient (Wildman–Crippen LogP) is 3.87. The largest absolute Gasteiger partial charge is 0.382 e. The van der Waals surface area contributed by atoms with Crippen molar-refractivity contribution in [2.45, 2.75) is 20.3 Å². The van der Waals surface area contributed by atoms with Crippen LogP contribution in [0.1, 0.15) is 28.6 Å². The van der Waals surface area contributed by atoms with Gasteiger partial charge in [0, 0.05) is 11.0 Å². The van der Waals surface area contributed by atoms with Crippen molar-refractivity contribution in [2.75, 3.05) is 22.9 Å². The Balaban J connectivity index is 2.16. The number of carbonyl (C=O) groups excluding carboxylic acids is 1. The topological polar surface area (TPSA) is 80.0 Å². The summed E-state index contributed by atoms with van der Waals surface area (Å²) in [6.45, 7) is 4.83. The summed E-state index contributed by atoms with van der Waals surface area (Å²) in [7, 11) is 0. The zero-order chi connectivity index (χ0) is 15.4. The number of hydrogen-bond acceptors (Lipinski definition) is 5. The van der Waals surface area contributed by atoms with E-state index in [-0.39, 0.29) is 11.7 Å². The number of thiazole rings is 1. The predicted molar refractivity (Wildman–Crippen MR) is 92.1 cm³/mol. The molecule has 1 aromatic carbocycles. The van der Waals surface area contributed by atoms with Crippen LogP contribution in [0.5, 0.6) is 0 Å². The van der Waals surface area contributed by atoms with Gasteiger partial charge in [-0.1, -0.05) is 30.4 Å². The van der Waals surface area contributed by atoms with E-state index in [0.29, 0.717) is 10.0 Å². The lowest BCUT2D eigenvalue weighted by Gasteiger charge is -2.08. The number of amides is 1. The summed E-state index contributed by atoms with van der Waals surface area (Å²) in [5.41, 5.74) is 7.59. The molecule has 0 aliphatic carbocycles. The van der Waals surface area contributed by atoms with Crippen LogP contribution in [0.3, 0.4) is 0 Å². The summed E-state index contributed by atoms with van der Waals surface area (Å²) >= 11 is 4.73. The molecule has 0 spiro atoms. The molecule has 0 saturated carbocycles. The highest BCUT2D eigenvalue weighted by molar-refractivity contribution is 9.10. The minimum absolute atomic E-state index is 0.249. The van der Waals surface area contributed by atoms with Gasteiger partial charge in [0.25, 0.3) is 5.91 Å². The molecule has 0 unspecified atom stereocenters. The molecule has 7 heteroatoms. The molecule has 1 heterocycles. The van der Waals surface area contributed by atoms with Gasteiger partial charge in [-0.15, -0.1) is 0 Å². The van der Waals surface area contributed by atoms with Crippen LogP contribution in [-0.2, 0) is 0 Å². The first-order chi connectivity index (χ1) is 10.0. The standard InChI is InChI=1S/C14H17BrN4OS/c1-3-7-17-14-19-12(16)11(21-14)13(20)18-9-6-4-5-8(2)10(9)15/h4-6H,3,7,16H2,1-2H3,(H,17,19)(H,18,20). The number of rotatable bonds is 5. The second kappa shape index (κ2) is 6.91. The van der Waals surface area contributed by atoms with Crippen molar-refractivity contribution in [3.63, 3.8) is 0 Å². The van der Waals surface area contributed by atoms with Crippen LogP contribution in [0.4, 0.5) is 16.6 Å². The molecule has 112 valence electrons. The Kier molecular flexibility index (Phi) is 5.19. The van der Waals surface area contributed by atoms with Gasteiger partial charge < -0.3 is 16.4 Å². The van der Waals surface area contributed by atoms with Gasteiger partial charge in [-0.2, -0.15) is 0 Å². The maximum absolute atomic E-state index is 12.3. The second-order valence-corrected chi connectivity index (χ2v) is 6.34. The average molecular weight is 369 g/mol. The number of aryl methyl sites for hydroxylation is 1. The maximum Gasteiger partial charge on any atom is 0.269 e. The van der Waals surface area contributed by atoms with E-state index in [1.165, 1.54) is 11.3 Å². The Morgan fingerprint density at radius 3 is 2.95 bits per heavy atom. The van der Waals surface area contributed by atoms with E-state index in [1.54, 1.807) is 0 Å². The molecular formula is C14H17BrN4OS. The number of nitrogens with one attached hydrogen (secondary N) is 2. The zero-order valence-corrected chi connectivity index (χ0v) is 14.3. The number of nitrogens with zero attached hydrogens (tertiary/aromatic N) is 1. The minimum Gasteiger partial charge on any atom is -0.382 e. The van der Waals surface area contributed by atoms with Crippen molar-refractivity contribution in [1.82, 2.24) is 4.98 Å². The lowest BCUT2D eigenvalue weighted by Crippen LogP contribution is -2.12. The van der Waals surface area contributed by atoms with Crippen LogP contribution in [0.15, 0.2) is 22.7 Å².